The highest BCUT2D eigenvalue weighted by Gasteiger charge is 2.16. The van der Waals surface area contributed by atoms with Crippen molar-refractivity contribution < 1.29 is 13.9 Å². The minimum atomic E-state index is -0.514. The summed E-state index contributed by atoms with van der Waals surface area (Å²) < 4.78 is 11.1. The molecule has 0 fully saturated rings. The van der Waals surface area contributed by atoms with Crippen molar-refractivity contribution >= 4 is 17.7 Å². The maximum absolute atomic E-state index is 12.2. The monoisotopic (exact) mass is 347 g/mol. The fraction of sp³-hybridized carbons (Fsp3) is 0.421. The molecule has 130 valence electrons. The predicted octanol–water partition coefficient (Wildman–Crippen LogP) is 4.02. The van der Waals surface area contributed by atoms with Crippen LogP contribution in [0.4, 0.5) is 0 Å². The van der Waals surface area contributed by atoms with Gasteiger partial charge in [-0.15, -0.1) is 0 Å². The molecular formula is C19H25NO3S. The van der Waals surface area contributed by atoms with Gasteiger partial charge in [0.25, 0.3) is 5.91 Å². The van der Waals surface area contributed by atoms with Crippen LogP contribution in [-0.2, 0) is 10.5 Å². The number of nitrogens with one attached hydrogen (secondary N) is 1. The van der Waals surface area contributed by atoms with E-state index < -0.39 is 6.10 Å². The number of furan rings is 1. The summed E-state index contributed by atoms with van der Waals surface area (Å²) in [7, 11) is 0. The van der Waals surface area contributed by atoms with Crippen molar-refractivity contribution in [2.24, 2.45) is 0 Å². The number of benzene rings is 1. The van der Waals surface area contributed by atoms with Crippen LogP contribution in [0.5, 0.6) is 5.75 Å². The second kappa shape index (κ2) is 8.83. The van der Waals surface area contributed by atoms with E-state index in [1.165, 1.54) is 5.56 Å². The van der Waals surface area contributed by atoms with E-state index in [4.69, 9.17) is 9.15 Å². The van der Waals surface area contributed by atoms with Crippen molar-refractivity contribution in [2.75, 3.05) is 12.3 Å². The molecule has 2 rings (SSSR count). The molecule has 1 atom stereocenters. The molecule has 0 unspecified atom stereocenters. The van der Waals surface area contributed by atoms with Gasteiger partial charge in [0.2, 0.25) is 0 Å². The topological polar surface area (TPSA) is 51.5 Å². The van der Waals surface area contributed by atoms with E-state index in [0.717, 1.165) is 34.1 Å². The fourth-order valence-electron chi connectivity index (χ4n) is 2.32. The van der Waals surface area contributed by atoms with Crippen LogP contribution >= 0.6 is 11.8 Å². The van der Waals surface area contributed by atoms with Crippen LogP contribution < -0.4 is 10.1 Å². The third-order valence-corrected chi connectivity index (χ3v) is 4.79. The van der Waals surface area contributed by atoms with Crippen molar-refractivity contribution in [3.05, 3.63) is 53.0 Å². The largest absolute Gasteiger partial charge is 0.481 e. The van der Waals surface area contributed by atoms with Crippen LogP contribution in [-0.4, -0.2) is 24.3 Å². The molecule has 1 heterocycles. The van der Waals surface area contributed by atoms with E-state index in [1.807, 2.05) is 32.0 Å². The van der Waals surface area contributed by atoms with Gasteiger partial charge >= 0.3 is 0 Å². The normalized spacial score (nSPS) is 12.0. The second-order valence-electron chi connectivity index (χ2n) is 5.89. The van der Waals surface area contributed by atoms with Gasteiger partial charge in [-0.3, -0.25) is 4.79 Å². The molecule has 0 radical (unpaired) electrons. The first-order chi connectivity index (χ1) is 11.5. The highest BCUT2D eigenvalue weighted by molar-refractivity contribution is 7.98. The summed E-state index contributed by atoms with van der Waals surface area (Å²) >= 11 is 1.73. The Hall–Kier alpha value is -1.88. The first-order valence-corrected chi connectivity index (χ1v) is 9.25. The molecule has 0 saturated carbocycles. The number of carbonyl (C=O) groups is 1. The molecule has 1 aromatic carbocycles. The highest BCUT2D eigenvalue weighted by atomic mass is 32.2. The van der Waals surface area contributed by atoms with E-state index in [9.17, 15) is 4.79 Å². The quantitative estimate of drug-likeness (QED) is 0.733. The average molecular weight is 347 g/mol. The van der Waals surface area contributed by atoms with Crippen molar-refractivity contribution in [3.8, 4) is 5.75 Å². The van der Waals surface area contributed by atoms with Gasteiger partial charge in [0.15, 0.2) is 6.10 Å². The summed E-state index contributed by atoms with van der Waals surface area (Å²) in [6, 6.07) is 7.92. The standard InChI is InChI=1S/C19H25NO3S/c1-13-10-14(2)15(3)18(11-13)23-16(4)19(21)20-7-9-24-12-17-6-5-8-22-17/h5-6,8,10-11,16H,7,9,12H2,1-4H3,(H,20,21)/t16-/m1/s1. The smallest absolute Gasteiger partial charge is 0.260 e. The zero-order valence-electron chi connectivity index (χ0n) is 14.7. The van der Waals surface area contributed by atoms with Crippen LogP contribution in [0.25, 0.3) is 0 Å². The summed E-state index contributed by atoms with van der Waals surface area (Å²) in [5, 5.41) is 2.92. The fourth-order valence-corrected chi connectivity index (χ4v) is 3.08. The molecule has 5 heteroatoms. The molecule has 2 aromatic rings. The molecule has 0 aliphatic heterocycles. The maximum atomic E-state index is 12.2. The summed E-state index contributed by atoms with van der Waals surface area (Å²) in [5.41, 5.74) is 3.39. The molecular weight excluding hydrogens is 322 g/mol. The Labute approximate surface area is 148 Å². The van der Waals surface area contributed by atoms with E-state index >= 15 is 0 Å². The van der Waals surface area contributed by atoms with Crippen molar-refractivity contribution in [3.63, 3.8) is 0 Å². The molecule has 1 aromatic heterocycles. The number of aryl methyl sites for hydroxylation is 2. The summed E-state index contributed by atoms with van der Waals surface area (Å²) in [6.45, 7) is 8.49. The van der Waals surface area contributed by atoms with E-state index in [1.54, 1.807) is 24.9 Å². The summed E-state index contributed by atoms with van der Waals surface area (Å²) in [4.78, 5) is 12.2. The van der Waals surface area contributed by atoms with Gasteiger partial charge in [0.05, 0.1) is 12.0 Å². The Morgan fingerprint density at radius 3 is 2.83 bits per heavy atom. The molecule has 24 heavy (non-hydrogen) atoms. The van der Waals surface area contributed by atoms with Gasteiger partial charge in [-0.25, -0.2) is 0 Å². The zero-order valence-corrected chi connectivity index (χ0v) is 15.5. The predicted molar refractivity (Wildman–Crippen MR) is 98.6 cm³/mol. The van der Waals surface area contributed by atoms with Crippen LogP contribution in [0.3, 0.4) is 0 Å². The molecule has 0 spiro atoms. The second-order valence-corrected chi connectivity index (χ2v) is 6.99. The zero-order chi connectivity index (χ0) is 17.5. The molecule has 0 saturated heterocycles. The van der Waals surface area contributed by atoms with Gasteiger partial charge in [-0.2, -0.15) is 11.8 Å². The lowest BCUT2D eigenvalue weighted by molar-refractivity contribution is -0.127. The molecule has 1 N–H and O–H groups in total. The van der Waals surface area contributed by atoms with Crippen molar-refractivity contribution in [1.82, 2.24) is 5.32 Å². The Bertz CT molecular complexity index is 668. The minimum absolute atomic E-state index is 0.0906. The number of ether oxygens (including phenoxy) is 1. The first-order valence-electron chi connectivity index (χ1n) is 8.09. The van der Waals surface area contributed by atoms with Gasteiger partial charge in [0, 0.05) is 12.3 Å². The van der Waals surface area contributed by atoms with Gasteiger partial charge in [0.1, 0.15) is 11.5 Å². The SMILES string of the molecule is Cc1cc(C)c(C)c(O[C@H](C)C(=O)NCCSCc2ccco2)c1. The molecule has 4 nitrogen and oxygen atoms in total. The summed E-state index contributed by atoms with van der Waals surface area (Å²) in [6.07, 6.45) is 1.16. The van der Waals surface area contributed by atoms with Gasteiger partial charge in [-0.05, 0) is 62.6 Å². The van der Waals surface area contributed by atoms with Crippen LogP contribution in [0.15, 0.2) is 34.9 Å². The van der Waals surface area contributed by atoms with Crippen LogP contribution in [0.2, 0.25) is 0 Å². The average Bonchev–Trinajstić information content (AvgIpc) is 3.04. The first kappa shape index (κ1) is 18.5. The highest BCUT2D eigenvalue weighted by Crippen LogP contribution is 2.24. The lowest BCUT2D eigenvalue weighted by Crippen LogP contribution is -2.37. The van der Waals surface area contributed by atoms with Gasteiger partial charge in [-0.1, -0.05) is 6.07 Å². The molecule has 0 aliphatic carbocycles. The number of carbonyl (C=O) groups excluding carboxylic acids is 1. The number of hydrogen-bond donors (Lipinski definition) is 1. The van der Waals surface area contributed by atoms with E-state index in [-0.39, 0.29) is 5.91 Å². The summed E-state index contributed by atoms with van der Waals surface area (Å²) in [5.74, 6) is 3.29. The Balaban J connectivity index is 1.74. The van der Waals surface area contributed by atoms with E-state index in [2.05, 4.69) is 18.3 Å². The Morgan fingerprint density at radius 1 is 1.33 bits per heavy atom. The Kier molecular flexibility index (Phi) is 6.79. The molecule has 0 aliphatic rings. The lowest BCUT2D eigenvalue weighted by atomic mass is 10.1. The van der Waals surface area contributed by atoms with Crippen molar-refractivity contribution in [1.29, 1.82) is 0 Å². The van der Waals surface area contributed by atoms with E-state index in [0.29, 0.717) is 6.54 Å². The third kappa shape index (κ3) is 5.34. The maximum Gasteiger partial charge on any atom is 0.260 e. The Morgan fingerprint density at radius 2 is 2.12 bits per heavy atom. The van der Waals surface area contributed by atoms with Crippen LogP contribution in [0, 0.1) is 20.8 Å². The van der Waals surface area contributed by atoms with Crippen molar-refractivity contribution in [2.45, 2.75) is 39.6 Å². The van der Waals surface area contributed by atoms with Crippen LogP contribution in [0.1, 0.15) is 29.4 Å². The number of thioether (sulfide) groups is 1. The van der Waals surface area contributed by atoms with Gasteiger partial charge < -0.3 is 14.5 Å². The number of hydrogen-bond acceptors (Lipinski definition) is 4. The molecule has 1 amide bonds. The number of rotatable bonds is 8. The molecule has 0 bridgehead atoms. The number of amides is 1. The minimum Gasteiger partial charge on any atom is -0.481 e. The lowest BCUT2D eigenvalue weighted by Gasteiger charge is -2.18. The third-order valence-electron chi connectivity index (χ3n) is 3.81.